The van der Waals surface area contributed by atoms with Gasteiger partial charge in [-0.1, -0.05) is 40.2 Å². The van der Waals surface area contributed by atoms with E-state index in [9.17, 15) is 5.11 Å². The van der Waals surface area contributed by atoms with Crippen LogP contribution in [0, 0.1) is 23.7 Å². The SMILES string of the molecule is C=C[C@@H](C)[C@@]1(O)C[C@H](C)CC[C@H]1C(C)C. The van der Waals surface area contributed by atoms with Crippen LogP contribution in [-0.4, -0.2) is 10.7 Å². The maximum absolute atomic E-state index is 10.9. The molecule has 1 nitrogen and oxygen atoms in total. The maximum Gasteiger partial charge on any atom is 0.0740 e. The van der Waals surface area contributed by atoms with Crippen molar-refractivity contribution in [1.82, 2.24) is 0 Å². The zero-order valence-electron chi connectivity index (χ0n) is 10.7. The van der Waals surface area contributed by atoms with E-state index in [1.807, 2.05) is 6.08 Å². The normalized spacial score (nSPS) is 39.1. The first-order valence-corrected chi connectivity index (χ1v) is 6.26. The third-order valence-electron chi connectivity index (χ3n) is 4.23. The lowest BCUT2D eigenvalue weighted by Gasteiger charge is -2.47. The molecular weight excluding hydrogens is 184 g/mol. The van der Waals surface area contributed by atoms with E-state index in [4.69, 9.17) is 0 Å². The molecular formula is C14H26O. The molecule has 0 aromatic heterocycles. The smallest absolute Gasteiger partial charge is 0.0740 e. The monoisotopic (exact) mass is 210 g/mol. The number of hydrogen-bond acceptors (Lipinski definition) is 1. The zero-order chi connectivity index (χ0) is 11.6. The lowest BCUT2D eigenvalue weighted by molar-refractivity contribution is -0.105. The molecule has 0 bridgehead atoms. The first kappa shape index (κ1) is 12.8. The van der Waals surface area contributed by atoms with Crippen LogP contribution in [0.5, 0.6) is 0 Å². The van der Waals surface area contributed by atoms with E-state index >= 15 is 0 Å². The van der Waals surface area contributed by atoms with Crippen molar-refractivity contribution < 1.29 is 5.11 Å². The summed E-state index contributed by atoms with van der Waals surface area (Å²) < 4.78 is 0. The van der Waals surface area contributed by atoms with Gasteiger partial charge in [-0.3, -0.25) is 0 Å². The summed E-state index contributed by atoms with van der Waals surface area (Å²) in [6, 6.07) is 0. The highest BCUT2D eigenvalue weighted by molar-refractivity contribution is 5.01. The average Bonchev–Trinajstić information content (AvgIpc) is 2.15. The lowest BCUT2D eigenvalue weighted by atomic mass is 9.62. The van der Waals surface area contributed by atoms with E-state index in [1.165, 1.54) is 6.42 Å². The Hall–Kier alpha value is -0.300. The molecule has 88 valence electrons. The molecule has 1 heteroatoms. The lowest BCUT2D eigenvalue weighted by Crippen LogP contribution is -2.49. The van der Waals surface area contributed by atoms with Crippen molar-refractivity contribution in [3.8, 4) is 0 Å². The standard InChI is InChI=1S/C14H26O/c1-6-12(5)14(15)9-11(4)7-8-13(14)10(2)3/h6,10-13,15H,1,7-9H2,2-5H3/t11-,12-,13+,14+/m1/s1. The molecule has 0 amide bonds. The first-order valence-electron chi connectivity index (χ1n) is 6.26. The predicted molar refractivity (Wildman–Crippen MR) is 65.7 cm³/mol. The van der Waals surface area contributed by atoms with Crippen LogP contribution in [-0.2, 0) is 0 Å². The third-order valence-corrected chi connectivity index (χ3v) is 4.23. The van der Waals surface area contributed by atoms with E-state index in [1.54, 1.807) is 0 Å². The van der Waals surface area contributed by atoms with E-state index in [0.29, 0.717) is 17.8 Å². The van der Waals surface area contributed by atoms with Gasteiger partial charge in [-0.15, -0.1) is 6.58 Å². The molecule has 1 rings (SSSR count). The van der Waals surface area contributed by atoms with Crippen LogP contribution in [0.25, 0.3) is 0 Å². The Morgan fingerprint density at radius 3 is 2.40 bits per heavy atom. The van der Waals surface area contributed by atoms with Crippen LogP contribution in [0.2, 0.25) is 0 Å². The Morgan fingerprint density at radius 2 is 1.93 bits per heavy atom. The highest BCUT2D eigenvalue weighted by Gasteiger charge is 2.45. The second-order valence-electron chi connectivity index (χ2n) is 5.75. The highest BCUT2D eigenvalue weighted by Crippen LogP contribution is 2.45. The summed E-state index contributed by atoms with van der Waals surface area (Å²) in [4.78, 5) is 0. The fourth-order valence-electron chi connectivity index (χ4n) is 3.16. The number of aliphatic hydroxyl groups is 1. The van der Waals surface area contributed by atoms with Crippen LogP contribution >= 0.6 is 0 Å². The molecule has 1 N–H and O–H groups in total. The molecule has 0 unspecified atom stereocenters. The molecule has 0 saturated heterocycles. The fourth-order valence-corrected chi connectivity index (χ4v) is 3.16. The molecule has 0 heterocycles. The van der Waals surface area contributed by atoms with Crippen molar-refractivity contribution >= 4 is 0 Å². The quantitative estimate of drug-likeness (QED) is 0.705. The Balaban J connectivity index is 2.90. The molecule has 0 spiro atoms. The van der Waals surface area contributed by atoms with Crippen LogP contribution in [0.15, 0.2) is 12.7 Å². The van der Waals surface area contributed by atoms with Crippen molar-refractivity contribution in [3.63, 3.8) is 0 Å². The third kappa shape index (κ3) is 2.44. The maximum atomic E-state index is 10.9. The Bertz CT molecular complexity index is 221. The Labute approximate surface area is 94.6 Å². The summed E-state index contributed by atoms with van der Waals surface area (Å²) in [5.74, 6) is 1.84. The average molecular weight is 210 g/mol. The summed E-state index contributed by atoms with van der Waals surface area (Å²) in [6.45, 7) is 12.6. The largest absolute Gasteiger partial charge is 0.389 e. The molecule has 0 aromatic carbocycles. The summed E-state index contributed by atoms with van der Waals surface area (Å²) >= 11 is 0. The predicted octanol–water partition coefficient (Wildman–Crippen LogP) is 3.63. The van der Waals surface area contributed by atoms with E-state index in [2.05, 4.69) is 34.3 Å². The minimum atomic E-state index is -0.520. The Morgan fingerprint density at radius 1 is 1.33 bits per heavy atom. The van der Waals surface area contributed by atoms with Crippen molar-refractivity contribution in [2.24, 2.45) is 23.7 Å². The molecule has 1 aliphatic rings. The van der Waals surface area contributed by atoms with Crippen LogP contribution in [0.4, 0.5) is 0 Å². The fraction of sp³-hybridized carbons (Fsp3) is 0.857. The van der Waals surface area contributed by atoms with E-state index < -0.39 is 5.60 Å². The first-order chi connectivity index (χ1) is 6.91. The molecule has 0 radical (unpaired) electrons. The topological polar surface area (TPSA) is 20.2 Å². The van der Waals surface area contributed by atoms with Gasteiger partial charge in [-0.05, 0) is 30.6 Å². The van der Waals surface area contributed by atoms with Crippen molar-refractivity contribution in [1.29, 1.82) is 0 Å². The summed E-state index contributed by atoms with van der Waals surface area (Å²) in [5.41, 5.74) is -0.520. The minimum Gasteiger partial charge on any atom is -0.389 e. The van der Waals surface area contributed by atoms with Gasteiger partial charge in [0, 0.05) is 5.92 Å². The van der Waals surface area contributed by atoms with Crippen molar-refractivity contribution in [2.45, 2.75) is 52.6 Å². The summed E-state index contributed by atoms with van der Waals surface area (Å²) in [6.07, 6.45) is 5.26. The van der Waals surface area contributed by atoms with Crippen LogP contribution in [0.1, 0.15) is 47.0 Å². The molecule has 15 heavy (non-hydrogen) atoms. The van der Waals surface area contributed by atoms with Gasteiger partial charge in [0.05, 0.1) is 5.60 Å². The Kier molecular flexibility index (Phi) is 3.99. The number of hydrogen-bond donors (Lipinski definition) is 1. The highest BCUT2D eigenvalue weighted by atomic mass is 16.3. The molecule has 1 fully saturated rings. The van der Waals surface area contributed by atoms with E-state index in [-0.39, 0.29) is 5.92 Å². The molecule has 1 aliphatic carbocycles. The van der Waals surface area contributed by atoms with Crippen LogP contribution < -0.4 is 0 Å². The van der Waals surface area contributed by atoms with Gasteiger partial charge in [0.1, 0.15) is 0 Å². The molecule has 0 aliphatic heterocycles. The molecule has 4 atom stereocenters. The van der Waals surface area contributed by atoms with Gasteiger partial charge in [0.2, 0.25) is 0 Å². The second-order valence-corrected chi connectivity index (χ2v) is 5.75. The van der Waals surface area contributed by atoms with Crippen molar-refractivity contribution in [2.75, 3.05) is 0 Å². The molecule has 1 saturated carbocycles. The van der Waals surface area contributed by atoms with Gasteiger partial charge >= 0.3 is 0 Å². The van der Waals surface area contributed by atoms with Gasteiger partial charge in [0.15, 0.2) is 0 Å². The van der Waals surface area contributed by atoms with Crippen molar-refractivity contribution in [3.05, 3.63) is 12.7 Å². The van der Waals surface area contributed by atoms with Gasteiger partial charge in [0.25, 0.3) is 0 Å². The van der Waals surface area contributed by atoms with Crippen LogP contribution in [0.3, 0.4) is 0 Å². The van der Waals surface area contributed by atoms with Gasteiger partial charge in [-0.2, -0.15) is 0 Å². The molecule has 0 aromatic rings. The number of rotatable bonds is 3. The summed E-state index contributed by atoms with van der Waals surface area (Å²) in [7, 11) is 0. The zero-order valence-corrected chi connectivity index (χ0v) is 10.7. The van der Waals surface area contributed by atoms with E-state index in [0.717, 1.165) is 12.8 Å². The minimum absolute atomic E-state index is 0.202. The summed E-state index contributed by atoms with van der Waals surface area (Å²) in [5, 5.41) is 10.9. The second kappa shape index (κ2) is 4.69. The van der Waals surface area contributed by atoms with Gasteiger partial charge in [-0.25, -0.2) is 0 Å². The van der Waals surface area contributed by atoms with Gasteiger partial charge < -0.3 is 5.11 Å².